The van der Waals surface area contributed by atoms with E-state index in [1.54, 1.807) is 18.2 Å². The Morgan fingerprint density at radius 2 is 1.82 bits per heavy atom. The summed E-state index contributed by atoms with van der Waals surface area (Å²) < 4.78 is 11.9. The van der Waals surface area contributed by atoms with Gasteiger partial charge in [0, 0.05) is 0 Å². The highest BCUT2D eigenvalue weighted by Crippen LogP contribution is 2.01. The lowest BCUT2D eigenvalue weighted by atomic mass is 10.1. The number of carbonyl (C=O) groups excluding carboxylic acids is 1. The number of benzene rings is 1. The molecule has 0 aliphatic carbocycles. The summed E-state index contributed by atoms with van der Waals surface area (Å²) in [5.41, 5.74) is 0. The molecule has 3 heteroatoms. The van der Waals surface area contributed by atoms with E-state index >= 15 is 0 Å². The largest absolute Gasteiger partial charge is 0.319 e. The number of carbonyl (C=O) groups is 1. The highest BCUT2D eigenvalue weighted by molar-refractivity contribution is 5.11. The Kier molecular flexibility index (Phi) is 15.8. The molecule has 0 radical (unpaired) electrons. The molecule has 0 aromatic heterocycles. The summed E-state index contributed by atoms with van der Waals surface area (Å²) in [6.07, 6.45) is 2.66. The molecule has 98 valence electrons. The zero-order chi connectivity index (χ0) is 13.5. The van der Waals surface area contributed by atoms with Gasteiger partial charge in [-0.1, -0.05) is 38.5 Å². The second-order valence-electron chi connectivity index (χ2n) is 3.75. The lowest BCUT2D eigenvalue weighted by Gasteiger charge is -2.06. The molecule has 1 aromatic carbocycles. The Labute approximate surface area is 104 Å². The van der Waals surface area contributed by atoms with Crippen LogP contribution in [0.5, 0.6) is 0 Å². The molecule has 0 aliphatic heterocycles. The van der Waals surface area contributed by atoms with Gasteiger partial charge in [0.25, 0.3) is 0 Å². The molecule has 2 nitrogen and oxygen atoms in total. The standard InChI is InChI=1S/C7H17N.C6H5F.CH2O/c1-4-5-7(2)6-8-3;7-6-4-2-1-3-5-6;1-2/h7-8H,4-6H2,1-3H3;1-5H;1H2. The van der Waals surface area contributed by atoms with E-state index < -0.39 is 0 Å². The molecule has 0 saturated heterocycles. The minimum atomic E-state index is -0.178. The fraction of sp³-hybridized carbons (Fsp3) is 0.500. The van der Waals surface area contributed by atoms with Crippen molar-refractivity contribution in [1.29, 1.82) is 0 Å². The average molecular weight is 241 g/mol. The first-order valence-electron chi connectivity index (χ1n) is 5.84. The van der Waals surface area contributed by atoms with Crippen molar-refractivity contribution < 1.29 is 9.18 Å². The summed E-state index contributed by atoms with van der Waals surface area (Å²) in [5.74, 6) is 0.674. The molecule has 0 saturated carbocycles. The summed E-state index contributed by atoms with van der Waals surface area (Å²) in [6, 6.07) is 7.94. The van der Waals surface area contributed by atoms with Crippen LogP contribution in [0.1, 0.15) is 26.7 Å². The lowest BCUT2D eigenvalue weighted by Crippen LogP contribution is -2.15. The molecular formula is C14H24FNO. The molecule has 0 spiro atoms. The van der Waals surface area contributed by atoms with Crippen LogP contribution in [0.2, 0.25) is 0 Å². The number of rotatable bonds is 4. The van der Waals surface area contributed by atoms with Crippen LogP contribution in [0.4, 0.5) is 4.39 Å². The zero-order valence-electron chi connectivity index (χ0n) is 11.1. The van der Waals surface area contributed by atoms with Gasteiger partial charge in [0.1, 0.15) is 12.6 Å². The van der Waals surface area contributed by atoms with E-state index in [2.05, 4.69) is 19.2 Å². The first kappa shape index (κ1) is 18.2. The molecule has 1 atom stereocenters. The Hall–Kier alpha value is -1.22. The third-order valence-corrected chi connectivity index (χ3v) is 2.07. The predicted molar refractivity (Wildman–Crippen MR) is 71.5 cm³/mol. The average Bonchev–Trinajstić information content (AvgIpc) is 2.34. The highest BCUT2D eigenvalue weighted by Gasteiger charge is 1.95. The summed E-state index contributed by atoms with van der Waals surface area (Å²) in [6.45, 7) is 7.67. The van der Waals surface area contributed by atoms with E-state index in [1.807, 2.05) is 13.8 Å². The lowest BCUT2D eigenvalue weighted by molar-refractivity contribution is -0.0979. The van der Waals surface area contributed by atoms with E-state index in [0.717, 1.165) is 12.5 Å². The van der Waals surface area contributed by atoms with Crippen LogP contribution in [0.15, 0.2) is 30.3 Å². The molecule has 1 rings (SSSR count). The second-order valence-corrected chi connectivity index (χ2v) is 3.75. The maximum Gasteiger partial charge on any atom is 0.123 e. The maximum atomic E-state index is 11.9. The molecule has 0 bridgehead atoms. The zero-order valence-corrected chi connectivity index (χ0v) is 11.1. The summed E-state index contributed by atoms with van der Waals surface area (Å²) in [5, 5.41) is 3.15. The fourth-order valence-electron chi connectivity index (χ4n) is 1.36. The molecular weight excluding hydrogens is 217 g/mol. The highest BCUT2D eigenvalue weighted by atomic mass is 19.1. The van der Waals surface area contributed by atoms with Crippen molar-refractivity contribution in [2.45, 2.75) is 26.7 Å². The monoisotopic (exact) mass is 241 g/mol. The Balaban J connectivity index is 0. The van der Waals surface area contributed by atoms with Gasteiger partial charge in [0.05, 0.1) is 0 Å². The van der Waals surface area contributed by atoms with Gasteiger partial charge in [-0.15, -0.1) is 0 Å². The molecule has 0 fully saturated rings. The van der Waals surface area contributed by atoms with Gasteiger partial charge in [-0.2, -0.15) is 0 Å². The summed E-state index contributed by atoms with van der Waals surface area (Å²) >= 11 is 0. The SMILES string of the molecule is C=O.CCCC(C)CNC.Fc1ccccc1. The Morgan fingerprint density at radius 3 is 2.12 bits per heavy atom. The van der Waals surface area contributed by atoms with Crippen molar-refractivity contribution in [3.8, 4) is 0 Å². The van der Waals surface area contributed by atoms with Crippen molar-refractivity contribution in [2.24, 2.45) is 5.92 Å². The smallest absolute Gasteiger partial charge is 0.123 e. The molecule has 0 amide bonds. The molecule has 1 N–H and O–H groups in total. The van der Waals surface area contributed by atoms with Crippen molar-refractivity contribution in [3.63, 3.8) is 0 Å². The van der Waals surface area contributed by atoms with Gasteiger partial charge in [-0.05, 0) is 38.1 Å². The van der Waals surface area contributed by atoms with Gasteiger partial charge in [0.2, 0.25) is 0 Å². The third-order valence-electron chi connectivity index (χ3n) is 2.07. The number of nitrogens with one attached hydrogen (secondary N) is 1. The second kappa shape index (κ2) is 14.8. The van der Waals surface area contributed by atoms with Gasteiger partial charge >= 0.3 is 0 Å². The Bertz CT molecular complexity index is 235. The van der Waals surface area contributed by atoms with E-state index in [0.29, 0.717) is 0 Å². The van der Waals surface area contributed by atoms with Gasteiger partial charge in [-0.25, -0.2) is 4.39 Å². The number of hydrogen-bond donors (Lipinski definition) is 1. The summed E-state index contributed by atoms with van der Waals surface area (Å²) in [4.78, 5) is 8.00. The van der Waals surface area contributed by atoms with Crippen LogP contribution in [0.25, 0.3) is 0 Å². The van der Waals surface area contributed by atoms with E-state index in [9.17, 15) is 4.39 Å². The van der Waals surface area contributed by atoms with E-state index in [-0.39, 0.29) is 5.82 Å². The number of hydrogen-bond acceptors (Lipinski definition) is 2. The van der Waals surface area contributed by atoms with Gasteiger partial charge in [0.15, 0.2) is 0 Å². The predicted octanol–water partition coefficient (Wildman–Crippen LogP) is 3.28. The fourth-order valence-corrected chi connectivity index (χ4v) is 1.36. The molecule has 17 heavy (non-hydrogen) atoms. The first-order chi connectivity index (χ1) is 8.20. The molecule has 1 aromatic rings. The van der Waals surface area contributed by atoms with Gasteiger partial charge in [-0.3, -0.25) is 0 Å². The molecule has 0 heterocycles. The minimum Gasteiger partial charge on any atom is -0.319 e. The number of halogens is 1. The van der Waals surface area contributed by atoms with Crippen LogP contribution in [0, 0.1) is 11.7 Å². The molecule has 1 unspecified atom stereocenters. The first-order valence-corrected chi connectivity index (χ1v) is 5.84. The normalized spacial score (nSPS) is 10.4. The van der Waals surface area contributed by atoms with Crippen LogP contribution < -0.4 is 5.32 Å². The third kappa shape index (κ3) is 14.8. The van der Waals surface area contributed by atoms with Gasteiger partial charge < -0.3 is 10.1 Å². The van der Waals surface area contributed by atoms with Crippen molar-refractivity contribution in [1.82, 2.24) is 5.32 Å². The van der Waals surface area contributed by atoms with Crippen molar-refractivity contribution in [2.75, 3.05) is 13.6 Å². The van der Waals surface area contributed by atoms with Crippen LogP contribution in [-0.2, 0) is 4.79 Å². The van der Waals surface area contributed by atoms with Crippen molar-refractivity contribution >= 4 is 6.79 Å². The molecule has 0 aliphatic rings. The quantitative estimate of drug-likeness (QED) is 0.876. The maximum absolute atomic E-state index is 11.9. The minimum absolute atomic E-state index is 0.178. The van der Waals surface area contributed by atoms with Crippen molar-refractivity contribution in [3.05, 3.63) is 36.1 Å². The Morgan fingerprint density at radius 1 is 1.29 bits per heavy atom. The van der Waals surface area contributed by atoms with Crippen LogP contribution in [-0.4, -0.2) is 20.4 Å². The topological polar surface area (TPSA) is 29.1 Å². The van der Waals surface area contributed by atoms with Crippen LogP contribution in [0.3, 0.4) is 0 Å². The van der Waals surface area contributed by atoms with E-state index in [1.165, 1.54) is 25.0 Å². The van der Waals surface area contributed by atoms with Crippen LogP contribution >= 0.6 is 0 Å². The van der Waals surface area contributed by atoms with E-state index in [4.69, 9.17) is 4.79 Å². The summed E-state index contributed by atoms with van der Waals surface area (Å²) in [7, 11) is 2.01.